The number of nitrogens with zero attached hydrogens (tertiary/aromatic N) is 1. The van der Waals surface area contributed by atoms with Gasteiger partial charge in [-0.05, 0) is 66.3 Å². The number of ether oxygens (including phenoxy) is 1. The smallest absolute Gasteiger partial charge is 0.255 e. The third kappa shape index (κ3) is 6.04. The summed E-state index contributed by atoms with van der Waals surface area (Å²) in [5.41, 5.74) is 7.90. The number of nitrogen functional groups attached to an aromatic ring is 1. The number of hydrogen-bond acceptors (Lipinski definition) is 4. The highest BCUT2D eigenvalue weighted by Gasteiger charge is 2.11. The van der Waals surface area contributed by atoms with Gasteiger partial charge >= 0.3 is 0 Å². The monoisotopic (exact) mass is 407 g/mol. The molecule has 0 unspecified atom stereocenters. The van der Waals surface area contributed by atoms with Crippen LogP contribution in [0.2, 0.25) is 0 Å². The van der Waals surface area contributed by atoms with E-state index in [9.17, 15) is 9.18 Å². The van der Waals surface area contributed by atoms with Crippen molar-refractivity contribution >= 4 is 11.7 Å². The van der Waals surface area contributed by atoms with Gasteiger partial charge < -0.3 is 15.8 Å². The minimum Gasteiger partial charge on any atom is -0.457 e. The third-order valence-corrected chi connectivity index (χ3v) is 4.66. The highest BCUT2D eigenvalue weighted by atomic mass is 19.1. The molecule has 0 fully saturated rings. The van der Waals surface area contributed by atoms with Crippen LogP contribution in [-0.4, -0.2) is 10.9 Å². The number of nitrogens with two attached hydrogens (primary N) is 1. The Morgan fingerprint density at radius 3 is 2.53 bits per heavy atom. The van der Waals surface area contributed by atoms with Crippen LogP contribution in [0.1, 0.15) is 41.8 Å². The van der Waals surface area contributed by atoms with Crippen LogP contribution >= 0.6 is 0 Å². The SMILES string of the molecule is CC(C)CCc1cccc(Oc2ccc(CNC(=O)c3ccc(F)nc3N)cc2)c1. The van der Waals surface area contributed by atoms with Crippen LogP contribution in [0.15, 0.2) is 60.7 Å². The number of carbonyl (C=O) groups is 1. The van der Waals surface area contributed by atoms with Gasteiger partial charge in [-0.1, -0.05) is 38.1 Å². The summed E-state index contributed by atoms with van der Waals surface area (Å²) in [4.78, 5) is 15.7. The molecule has 1 heterocycles. The van der Waals surface area contributed by atoms with Crippen molar-refractivity contribution in [1.82, 2.24) is 10.3 Å². The molecule has 0 aliphatic carbocycles. The minimum atomic E-state index is -0.718. The Hall–Kier alpha value is -3.41. The predicted octanol–water partition coefficient (Wildman–Crippen LogP) is 5.11. The van der Waals surface area contributed by atoms with Crippen molar-refractivity contribution in [3.63, 3.8) is 0 Å². The van der Waals surface area contributed by atoms with Crippen molar-refractivity contribution in [2.75, 3.05) is 5.73 Å². The van der Waals surface area contributed by atoms with E-state index >= 15 is 0 Å². The summed E-state index contributed by atoms with van der Waals surface area (Å²) in [6.07, 6.45) is 2.17. The lowest BCUT2D eigenvalue weighted by atomic mass is 10.0. The van der Waals surface area contributed by atoms with Crippen molar-refractivity contribution in [1.29, 1.82) is 0 Å². The van der Waals surface area contributed by atoms with Crippen LogP contribution in [0.4, 0.5) is 10.2 Å². The molecule has 5 nitrogen and oxygen atoms in total. The summed E-state index contributed by atoms with van der Waals surface area (Å²) in [6.45, 7) is 4.74. The van der Waals surface area contributed by atoms with Crippen LogP contribution in [0.3, 0.4) is 0 Å². The van der Waals surface area contributed by atoms with Crippen LogP contribution in [0.5, 0.6) is 11.5 Å². The van der Waals surface area contributed by atoms with Crippen LogP contribution in [-0.2, 0) is 13.0 Å². The van der Waals surface area contributed by atoms with E-state index in [2.05, 4.69) is 36.3 Å². The topological polar surface area (TPSA) is 77.2 Å². The fourth-order valence-corrected chi connectivity index (χ4v) is 2.95. The number of benzene rings is 2. The summed E-state index contributed by atoms with van der Waals surface area (Å²) in [5.74, 6) is 0.934. The molecule has 6 heteroatoms. The minimum absolute atomic E-state index is 0.133. The average molecular weight is 407 g/mol. The fourth-order valence-electron chi connectivity index (χ4n) is 2.95. The maximum atomic E-state index is 13.0. The number of hydrogen-bond donors (Lipinski definition) is 2. The van der Waals surface area contributed by atoms with Crippen LogP contribution in [0, 0.1) is 11.9 Å². The molecule has 3 rings (SSSR count). The van der Waals surface area contributed by atoms with Crippen molar-refractivity contribution in [2.24, 2.45) is 5.92 Å². The van der Waals surface area contributed by atoms with Crippen LogP contribution in [0.25, 0.3) is 0 Å². The number of amides is 1. The Kier molecular flexibility index (Phi) is 7.01. The average Bonchev–Trinajstić information content (AvgIpc) is 2.72. The van der Waals surface area contributed by atoms with Gasteiger partial charge in [-0.2, -0.15) is 4.39 Å². The lowest BCUT2D eigenvalue weighted by Crippen LogP contribution is -2.24. The molecule has 2 aromatic carbocycles. The van der Waals surface area contributed by atoms with Crippen molar-refractivity contribution in [2.45, 2.75) is 33.2 Å². The van der Waals surface area contributed by atoms with E-state index in [1.165, 1.54) is 11.6 Å². The molecule has 3 N–H and O–H groups in total. The lowest BCUT2D eigenvalue weighted by molar-refractivity contribution is 0.0951. The van der Waals surface area contributed by atoms with E-state index in [4.69, 9.17) is 10.5 Å². The van der Waals surface area contributed by atoms with E-state index in [1.54, 1.807) is 0 Å². The highest BCUT2D eigenvalue weighted by Crippen LogP contribution is 2.23. The predicted molar refractivity (Wildman–Crippen MR) is 116 cm³/mol. The Morgan fingerprint density at radius 1 is 1.07 bits per heavy atom. The number of pyridine rings is 1. The molecular formula is C24H26FN3O2. The first kappa shape index (κ1) is 21.3. The van der Waals surface area contributed by atoms with E-state index in [1.807, 2.05) is 36.4 Å². The third-order valence-electron chi connectivity index (χ3n) is 4.66. The number of nitrogens with one attached hydrogen (secondary N) is 1. The summed E-state index contributed by atoms with van der Waals surface area (Å²) < 4.78 is 19.0. The second-order valence-corrected chi connectivity index (χ2v) is 7.58. The zero-order valence-corrected chi connectivity index (χ0v) is 17.2. The van der Waals surface area contributed by atoms with Gasteiger partial charge in [0.2, 0.25) is 5.95 Å². The van der Waals surface area contributed by atoms with Gasteiger partial charge in [-0.25, -0.2) is 4.98 Å². The summed E-state index contributed by atoms with van der Waals surface area (Å²) in [5, 5.41) is 2.75. The molecule has 0 saturated carbocycles. The second-order valence-electron chi connectivity index (χ2n) is 7.58. The van der Waals surface area contributed by atoms with E-state index in [-0.39, 0.29) is 11.4 Å². The Balaban J connectivity index is 1.56. The number of halogens is 1. The van der Waals surface area contributed by atoms with Crippen molar-refractivity contribution in [3.05, 3.63) is 83.3 Å². The molecule has 0 atom stereocenters. The summed E-state index contributed by atoms with van der Waals surface area (Å²) >= 11 is 0. The van der Waals surface area contributed by atoms with Gasteiger partial charge in [0, 0.05) is 6.54 Å². The van der Waals surface area contributed by atoms with Crippen LogP contribution < -0.4 is 15.8 Å². The van der Waals surface area contributed by atoms with Gasteiger partial charge in [0.15, 0.2) is 0 Å². The molecule has 0 radical (unpaired) electrons. The van der Waals surface area contributed by atoms with E-state index in [0.29, 0.717) is 12.5 Å². The number of aryl methyl sites for hydroxylation is 1. The molecule has 0 spiro atoms. The summed E-state index contributed by atoms with van der Waals surface area (Å²) in [7, 11) is 0. The maximum Gasteiger partial charge on any atom is 0.255 e. The number of carbonyl (C=O) groups excluding carboxylic acids is 1. The molecule has 0 bridgehead atoms. The molecule has 156 valence electrons. The second kappa shape index (κ2) is 9.87. The van der Waals surface area contributed by atoms with Gasteiger partial charge in [0.05, 0.1) is 5.56 Å². The molecular weight excluding hydrogens is 381 g/mol. The Labute approximate surface area is 176 Å². The molecule has 0 saturated heterocycles. The number of aromatic nitrogens is 1. The fraction of sp³-hybridized carbons (Fsp3) is 0.250. The highest BCUT2D eigenvalue weighted by molar-refractivity contribution is 5.98. The number of anilines is 1. The maximum absolute atomic E-state index is 13.0. The quantitative estimate of drug-likeness (QED) is 0.509. The van der Waals surface area contributed by atoms with Crippen molar-refractivity contribution in [3.8, 4) is 11.5 Å². The number of rotatable bonds is 8. The molecule has 1 amide bonds. The van der Waals surface area contributed by atoms with Gasteiger partial charge in [0.25, 0.3) is 5.91 Å². The van der Waals surface area contributed by atoms with Crippen molar-refractivity contribution < 1.29 is 13.9 Å². The lowest BCUT2D eigenvalue weighted by Gasteiger charge is -2.10. The first-order chi connectivity index (χ1) is 14.4. The molecule has 30 heavy (non-hydrogen) atoms. The normalized spacial score (nSPS) is 10.8. The Morgan fingerprint density at radius 2 is 1.83 bits per heavy atom. The largest absolute Gasteiger partial charge is 0.457 e. The van der Waals surface area contributed by atoms with E-state index < -0.39 is 11.9 Å². The van der Waals surface area contributed by atoms with Gasteiger partial charge in [-0.3, -0.25) is 4.79 Å². The molecule has 0 aliphatic rings. The zero-order valence-electron chi connectivity index (χ0n) is 17.2. The van der Waals surface area contributed by atoms with Gasteiger partial charge in [-0.15, -0.1) is 0 Å². The molecule has 0 aliphatic heterocycles. The summed E-state index contributed by atoms with van der Waals surface area (Å²) in [6, 6.07) is 18.0. The first-order valence-electron chi connectivity index (χ1n) is 9.96. The van der Waals surface area contributed by atoms with E-state index in [0.717, 1.165) is 36.0 Å². The Bertz CT molecular complexity index is 1000. The molecule has 1 aromatic heterocycles. The molecule has 3 aromatic rings. The first-order valence-corrected chi connectivity index (χ1v) is 9.96. The standard InChI is InChI=1S/C24H26FN3O2/c1-16(2)6-7-17-4-3-5-20(14-17)30-19-10-8-18(9-11-19)15-27-24(29)21-12-13-22(25)28-23(21)26/h3-5,8-14,16H,6-7,15H2,1-2H3,(H2,26,28)(H,27,29). The zero-order chi connectivity index (χ0) is 21.5. The van der Waals surface area contributed by atoms with Gasteiger partial charge in [0.1, 0.15) is 17.3 Å².